The van der Waals surface area contributed by atoms with Crippen molar-refractivity contribution in [1.29, 1.82) is 0 Å². The van der Waals surface area contributed by atoms with E-state index in [1.54, 1.807) is 0 Å². The van der Waals surface area contributed by atoms with Crippen LogP contribution in [0.5, 0.6) is 0 Å². The van der Waals surface area contributed by atoms with Gasteiger partial charge in [0.15, 0.2) is 0 Å². The zero-order chi connectivity index (χ0) is 8.65. The van der Waals surface area contributed by atoms with Gasteiger partial charge in [-0.1, -0.05) is 0 Å². The molecule has 1 aliphatic heterocycles. The van der Waals surface area contributed by atoms with Crippen LogP contribution in [-0.2, 0) is 9.47 Å². The van der Waals surface area contributed by atoms with Gasteiger partial charge in [-0.25, -0.2) is 0 Å². The molecule has 0 aromatic heterocycles. The first-order valence-electron chi connectivity index (χ1n) is 5.16. The Kier molecular flexibility index (Phi) is 6.16. The molecule has 0 unspecified atom stereocenters. The molecule has 0 bridgehead atoms. The third-order valence-corrected chi connectivity index (χ3v) is 2.19. The number of ether oxygens (including phenoxy) is 2. The van der Waals surface area contributed by atoms with Gasteiger partial charge in [-0.15, -0.1) is 0 Å². The third-order valence-electron chi connectivity index (χ3n) is 2.19. The Labute approximate surface area is 84.2 Å². The fourth-order valence-electron chi connectivity index (χ4n) is 1.44. The van der Waals surface area contributed by atoms with E-state index in [1.165, 1.54) is 24.4 Å². The first-order chi connectivity index (χ1) is 5.93. The van der Waals surface area contributed by atoms with E-state index in [9.17, 15) is 0 Å². The summed E-state index contributed by atoms with van der Waals surface area (Å²) in [5.41, 5.74) is 0. The number of hydrogen-bond acceptors (Lipinski definition) is 2. The fraction of sp³-hybridized carbons (Fsp3) is 1.00. The number of hydrogen-bond donors (Lipinski definition) is 0. The molecular formula is C9H17LiO2. The van der Waals surface area contributed by atoms with Crippen LogP contribution in [0.2, 0.25) is 5.09 Å². The molecule has 1 heterocycles. The Balaban J connectivity index is 1.91. The molecule has 0 aliphatic carbocycles. The van der Waals surface area contributed by atoms with E-state index in [0.29, 0.717) is 0 Å². The zero-order valence-corrected chi connectivity index (χ0v) is 8.05. The second-order valence-corrected chi connectivity index (χ2v) is 3.37. The van der Waals surface area contributed by atoms with Crippen LogP contribution in [0.25, 0.3) is 0 Å². The van der Waals surface area contributed by atoms with Crippen LogP contribution in [0.1, 0.15) is 32.1 Å². The quantitative estimate of drug-likeness (QED) is 0.456. The van der Waals surface area contributed by atoms with E-state index < -0.39 is 0 Å². The van der Waals surface area contributed by atoms with Crippen molar-refractivity contribution in [2.45, 2.75) is 43.5 Å². The standard InChI is InChI=1S/C9H17O2.Li/c1-2-3-4-6-9-10-7-5-8-11-9;/h9H,1-8H2;. The first kappa shape index (κ1) is 10.6. The first-order valence-corrected chi connectivity index (χ1v) is 5.16. The Morgan fingerprint density at radius 3 is 2.50 bits per heavy atom. The van der Waals surface area contributed by atoms with Crippen LogP contribution >= 0.6 is 0 Å². The van der Waals surface area contributed by atoms with Gasteiger partial charge in [0.2, 0.25) is 0 Å². The summed E-state index contributed by atoms with van der Waals surface area (Å²) in [5.74, 6) is 0. The molecule has 3 heteroatoms. The molecule has 1 rings (SSSR count). The van der Waals surface area contributed by atoms with E-state index in [0.717, 1.165) is 26.1 Å². The topological polar surface area (TPSA) is 18.5 Å². The van der Waals surface area contributed by atoms with Crippen molar-refractivity contribution in [2.75, 3.05) is 13.2 Å². The van der Waals surface area contributed by atoms with Gasteiger partial charge in [0.1, 0.15) is 0 Å². The molecule has 0 radical (unpaired) electrons. The molecule has 12 heavy (non-hydrogen) atoms. The maximum absolute atomic E-state index is 5.44. The van der Waals surface area contributed by atoms with Crippen molar-refractivity contribution in [2.24, 2.45) is 0 Å². The molecule has 1 aliphatic rings. The van der Waals surface area contributed by atoms with Crippen LogP contribution in [0.3, 0.4) is 0 Å². The normalized spacial score (nSPS) is 19.8. The van der Waals surface area contributed by atoms with E-state index >= 15 is 0 Å². The van der Waals surface area contributed by atoms with Crippen LogP contribution in [-0.4, -0.2) is 37.2 Å². The summed E-state index contributed by atoms with van der Waals surface area (Å²) in [6.45, 7) is 1.77. The SMILES string of the molecule is [Li][CH2]CCCCC1OCCCO1. The molecular weight excluding hydrogens is 147 g/mol. The molecule has 66 valence electrons. The van der Waals surface area contributed by atoms with Crippen molar-refractivity contribution < 1.29 is 9.47 Å². The molecule has 0 amide bonds. The van der Waals surface area contributed by atoms with Gasteiger partial charge in [0.25, 0.3) is 0 Å². The second kappa shape index (κ2) is 6.97. The molecule has 1 saturated heterocycles. The van der Waals surface area contributed by atoms with Crippen LogP contribution in [0.15, 0.2) is 0 Å². The molecule has 0 N–H and O–H groups in total. The third kappa shape index (κ3) is 4.52. The minimum atomic E-state index is 0.107. The predicted molar refractivity (Wildman–Crippen MR) is 49.3 cm³/mol. The van der Waals surface area contributed by atoms with Gasteiger partial charge in [-0.05, 0) is 0 Å². The Hall–Kier alpha value is 0.517. The van der Waals surface area contributed by atoms with E-state index in [-0.39, 0.29) is 6.29 Å². The van der Waals surface area contributed by atoms with Crippen LogP contribution < -0.4 is 0 Å². The summed E-state index contributed by atoms with van der Waals surface area (Å²) < 4.78 is 10.9. The summed E-state index contributed by atoms with van der Waals surface area (Å²) >= 11 is 2.23. The summed E-state index contributed by atoms with van der Waals surface area (Å²) in [4.78, 5) is 0. The molecule has 0 aromatic carbocycles. The monoisotopic (exact) mass is 164 g/mol. The van der Waals surface area contributed by atoms with Crippen molar-refractivity contribution in [1.82, 2.24) is 0 Å². The Bertz CT molecular complexity index is 103. The predicted octanol–water partition coefficient (Wildman–Crippen LogP) is 1.90. The zero-order valence-electron chi connectivity index (χ0n) is 8.05. The maximum atomic E-state index is 5.44. The summed E-state index contributed by atoms with van der Waals surface area (Å²) in [5, 5.41) is 1.30. The molecule has 0 aromatic rings. The minimum absolute atomic E-state index is 0.107. The van der Waals surface area contributed by atoms with Crippen LogP contribution in [0, 0.1) is 0 Å². The van der Waals surface area contributed by atoms with Crippen molar-refractivity contribution >= 4 is 17.7 Å². The van der Waals surface area contributed by atoms with Gasteiger partial charge in [-0.3, -0.25) is 0 Å². The number of unbranched alkanes of at least 4 members (excludes halogenated alkanes) is 2. The Morgan fingerprint density at radius 2 is 1.83 bits per heavy atom. The molecule has 1 fully saturated rings. The van der Waals surface area contributed by atoms with Crippen LogP contribution in [0.4, 0.5) is 0 Å². The van der Waals surface area contributed by atoms with Gasteiger partial charge < -0.3 is 0 Å². The van der Waals surface area contributed by atoms with Gasteiger partial charge in [0.05, 0.1) is 0 Å². The summed E-state index contributed by atoms with van der Waals surface area (Å²) in [6.07, 6.45) is 6.16. The number of rotatable bonds is 5. The van der Waals surface area contributed by atoms with Gasteiger partial charge in [0, 0.05) is 0 Å². The fourth-order valence-corrected chi connectivity index (χ4v) is 1.44. The summed E-state index contributed by atoms with van der Waals surface area (Å²) in [6, 6.07) is 0. The average molecular weight is 164 g/mol. The molecule has 2 nitrogen and oxygen atoms in total. The van der Waals surface area contributed by atoms with Crippen molar-refractivity contribution in [3.05, 3.63) is 0 Å². The molecule has 0 spiro atoms. The molecule has 0 atom stereocenters. The molecule has 0 saturated carbocycles. The van der Waals surface area contributed by atoms with Gasteiger partial charge in [-0.2, -0.15) is 0 Å². The Morgan fingerprint density at radius 1 is 1.08 bits per heavy atom. The second-order valence-electron chi connectivity index (χ2n) is 3.37. The van der Waals surface area contributed by atoms with E-state index in [2.05, 4.69) is 17.7 Å². The summed E-state index contributed by atoms with van der Waals surface area (Å²) in [7, 11) is 0. The van der Waals surface area contributed by atoms with Crippen molar-refractivity contribution in [3.8, 4) is 0 Å². The van der Waals surface area contributed by atoms with E-state index in [1.807, 2.05) is 0 Å². The average Bonchev–Trinajstić information content (AvgIpc) is 2.14. The van der Waals surface area contributed by atoms with E-state index in [4.69, 9.17) is 9.47 Å². The van der Waals surface area contributed by atoms with Gasteiger partial charge >= 0.3 is 83.9 Å². The van der Waals surface area contributed by atoms with Crippen molar-refractivity contribution in [3.63, 3.8) is 0 Å².